The van der Waals surface area contributed by atoms with E-state index in [-0.39, 0.29) is 11.3 Å². The summed E-state index contributed by atoms with van der Waals surface area (Å²) in [7, 11) is 0. The van der Waals surface area contributed by atoms with E-state index in [1.54, 1.807) is 6.92 Å². The van der Waals surface area contributed by atoms with Crippen LogP contribution in [0.1, 0.15) is 13.8 Å². The summed E-state index contributed by atoms with van der Waals surface area (Å²) in [6, 6.07) is 5.91. The number of carbonyl (C=O) groups excluding carboxylic acids is 1. The van der Waals surface area contributed by atoms with E-state index in [1.165, 1.54) is 31.2 Å². The van der Waals surface area contributed by atoms with E-state index in [2.05, 4.69) is 13.2 Å². The first kappa shape index (κ1) is 16.4. The van der Waals surface area contributed by atoms with Crippen LogP contribution >= 0.6 is 0 Å². The van der Waals surface area contributed by atoms with Crippen molar-refractivity contribution < 1.29 is 24.5 Å². The van der Waals surface area contributed by atoms with Gasteiger partial charge in [0.2, 0.25) is 0 Å². The maximum Gasteiger partial charge on any atom is 0.338 e. The highest BCUT2D eigenvalue weighted by atomic mass is 16.5. The normalized spacial score (nSPS) is 8.74. The molecular weight excluding hydrogens is 248 g/mol. The molecule has 102 valence electrons. The summed E-state index contributed by atoms with van der Waals surface area (Å²) in [6.45, 7) is 9.62. The molecule has 1 aromatic rings. The van der Waals surface area contributed by atoms with E-state index in [9.17, 15) is 9.59 Å². The van der Waals surface area contributed by atoms with Gasteiger partial charge in [-0.05, 0) is 38.1 Å². The highest BCUT2D eigenvalue weighted by molar-refractivity contribution is 5.88. The van der Waals surface area contributed by atoms with Crippen LogP contribution in [0.3, 0.4) is 0 Å². The number of carboxylic acid groups (broad SMARTS) is 1. The summed E-state index contributed by atoms with van der Waals surface area (Å²) in [5, 5.41) is 16.8. The molecule has 19 heavy (non-hydrogen) atoms. The van der Waals surface area contributed by atoms with Gasteiger partial charge in [-0.25, -0.2) is 9.59 Å². The van der Waals surface area contributed by atoms with Gasteiger partial charge in [-0.15, -0.1) is 0 Å². The van der Waals surface area contributed by atoms with Crippen molar-refractivity contribution in [3.63, 3.8) is 0 Å². The van der Waals surface area contributed by atoms with Gasteiger partial charge < -0.3 is 14.9 Å². The number of carbonyl (C=O) groups is 2. The van der Waals surface area contributed by atoms with E-state index in [0.29, 0.717) is 11.3 Å². The third kappa shape index (κ3) is 7.38. The zero-order valence-corrected chi connectivity index (χ0v) is 10.8. The Kier molecular flexibility index (Phi) is 6.67. The minimum Gasteiger partial charge on any atom is -0.508 e. The van der Waals surface area contributed by atoms with Crippen molar-refractivity contribution in [2.45, 2.75) is 13.8 Å². The van der Waals surface area contributed by atoms with E-state index in [1.807, 2.05) is 0 Å². The summed E-state index contributed by atoms with van der Waals surface area (Å²) < 4.78 is 4.88. The van der Waals surface area contributed by atoms with Gasteiger partial charge in [-0.3, -0.25) is 0 Å². The molecule has 0 atom stereocenters. The molecule has 0 heterocycles. The number of carboxylic acids is 1. The quantitative estimate of drug-likeness (QED) is 0.498. The average molecular weight is 264 g/mol. The zero-order valence-electron chi connectivity index (χ0n) is 10.8. The van der Waals surface area contributed by atoms with Gasteiger partial charge in [0, 0.05) is 11.1 Å². The number of phenolic OH excluding ortho intramolecular Hbond substituents is 1. The molecule has 0 aliphatic rings. The Morgan fingerprint density at radius 3 is 1.79 bits per heavy atom. The second kappa shape index (κ2) is 7.71. The summed E-state index contributed by atoms with van der Waals surface area (Å²) in [4.78, 5) is 20.6. The highest BCUT2D eigenvalue weighted by Gasteiger charge is 2.04. The van der Waals surface area contributed by atoms with Crippen LogP contribution in [-0.2, 0) is 9.59 Å². The number of phenols is 1. The molecule has 1 aromatic carbocycles. The van der Waals surface area contributed by atoms with Gasteiger partial charge in [0.15, 0.2) is 0 Å². The number of aliphatic carboxylic acids is 1. The van der Waals surface area contributed by atoms with Crippen LogP contribution in [-0.4, -0.2) is 22.2 Å². The number of hydrogen-bond donors (Lipinski definition) is 2. The van der Waals surface area contributed by atoms with E-state index in [4.69, 9.17) is 14.9 Å². The Morgan fingerprint density at radius 2 is 1.47 bits per heavy atom. The van der Waals surface area contributed by atoms with Crippen molar-refractivity contribution in [2.75, 3.05) is 0 Å². The van der Waals surface area contributed by atoms with Gasteiger partial charge >= 0.3 is 11.9 Å². The van der Waals surface area contributed by atoms with Crippen molar-refractivity contribution in [2.24, 2.45) is 0 Å². The van der Waals surface area contributed by atoms with E-state index < -0.39 is 11.9 Å². The molecule has 0 aliphatic carbocycles. The highest BCUT2D eigenvalue weighted by Crippen LogP contribution is 2.16. The van der Waals surface area contributed by atoms with Gasteiger partial charge in [0.05, 0.1) is 0 Å². The number of rotatable bonds is 3. The molecule has 0 amide bonds. The van der Waals surface area contributed by atoms with Gasteiger partial charge in [-0.2, -0.15) is 0 Å². The van der Waals surface area contributed by atoms with Crippen LogP contribution in [0.15, 0.2) is 48.6 Å². The Labute approximate surface area is 111 Å². The van der Waals surface area contributed by atoms with Gasteiger partial charge in [-0.1, -0.05) is 13.2 Å². The van der Waals surface area contributed by atoms with Crippen molar-refractivity contribution in [1.29, 1.82) is 0 Å². The third-order valence-electron chi connectivity index (χ3n) is 1.76. The van der Waals surface area contributed by atoms with Crippen molar-refractivity contribution in [3.8, 4) is 11.5 Å². The number of benzene rings is 1. The molecule has 0 fully saturated rings. The fourth-order valence-electron chi connectivity index (χ4n) is 0.708. The molecule has 0 unspecified atom stereocenters. The second-order valence-corrected chi connectivity index (χ2v) is 3.75. The smallest absolute Gasteiger partial charge is 0.338 e. The largest absolute Gasteiger partial charge is 0.508 e. The number of hydrogen-bond acceptors (Lipinski definition) is 4. The van der Waals surface area contributed by atoms with Crippen LogP contribution in [0, 0.1) is 0 Å². The SMILES string of the molecule is C=C(C)C(=O)O.C=C(C)C(=O)Oc1ccc(O)cc1. The molecule has 0 aromatic heterocycles. The summed E-state index contributed by atoms with van der Waals surface area (Å²) in [5.74, 6) is -0.874. The number of ether oxygens (including phenoxy) is 1. The third-order valence-corrected chi connectivity index (χ3v) is 1.76. The average Bonchev–Trinajstić information content (AvgIpc) is 2.32. The van der Waals surface area contributed by atoms with Gasteiger partial charge in [0.25, 0.3) is 0 Å². The topological polar surface area (TPSA) is 83.8 Å². The molecule has 5 heteroatoms. The summed E-state index contributed by atoms with van der Waals surface area (Å²) in [6.07, 6.45) is 0. The molecule has 0 bridgehead atoms. The molecule has 1 rings (SSSR count). The summed E-state index contributed by atoms with van der Waals surface area (Å²) in [5.41, 5.74) is 0.517. The maximum atomic E-state index is 11.0. The molecule has 0 spiro atoms. The maximum absolute atomic E-state index is 11.0. The Hall–Kier alpha value is -2.56. The first-order valence-corrected chi connectivity index (χ1v) is 5.29. The monoisotopic (exact) mass is 264 g/mol. The lowest BCUT2D eigenvalue weighted by Crippen LogP contribution is -2.07. The van der Waals surface area contributed by atoms with Crippen LogP contribution in [0.25, 0.3) is 0 Å². The molecule has 0 saturated carbocycles. The van der Waals surface area contributed by atoms with Crippen molar-refractivity contribution >= 4 is 11.9 Å². The van der Waals surface area contributed by atoms with Crippen molar-refractivity contribution in [1.82, 2.24) is 0 Å². The Bertz CT molecular complexity index is 473. The molecule has 2 N–H and O–H groups in total. The predicted octanol–water partition coefficient (Wildman–Crippen LogP) is 2.52. The van der Waals surface area contributed by atoms with Crippen LogP contribution in [0.5, 0.6) is 11.5 Å². The van der Waals surface area contributed by atoms with Crippen LogP contribution in [0.4, 0.5) is 0 Å². The zero-order chi connectivity index (χ0) is 15.0. The molecule has 0 aliphatic heterocycles. The lowest BCUT2D eigenvalue weighted by Gasteiger charge is -2.02. The Balaban J connectivity index is 0.000000459. The summed E-state index contributed by atoms with van der Waals surface area (Å²) >= 11 is 0. The minimum absolute atomic E-state index is 0.134. The van der Waals surface area contributed by atoms with Crippen LogP contribution < -0.4 is 4.74 Å². The fourth-order valence-corrected chi connectivity index (χ4v) is 0.708. The van der Waals surface area contributed by atoms with E-state index in [0.717, 1.165) is 0 Å². The standard InChI is InChI=1S/C10H10O3.C4H6O2/c1-7(2)10(12)13-9-5-3-8(11)4-6-9;1-3(2)4(5)6/h3-6,11H,1H2,2H3;1H2,2H3,(H,5,6). The lowest BCUT2D eigenvalue weighted by molar-refractivity contribution is -0.132. The first-order valence-electron chi connectivity index (χ1n) is 5.29. The fraction of sp³-hybridized carbons (Fsp3) is 0.143. The second-order valence-electron chi connectivity index (χ2n) is 3.75. The minimum atomic E-state index is -0.935. The lowest BCUT2D eigenvalue weighted by atomic mass is 10.3. The van der Waals surface area contributed by atoms with Crippen LogP contribution in [0.2, 0.25) is 0 Å². The molecule has 0 radical (unpaired) electrons. The molecule has 5 nitrogen and oxygen atoms in total. The number of aromatic hydroxyl groups is 1. The van der Waals surface area contributed by atoms with E-state index >= 15 is 0 Å². The predicted molar refractivity (Wildman–Crippen MR) is 71.0 cm³/mol. The number of esters is 1. The molecule has 0 saturated heterocycles. The van der Waals surface area contributed by atoms with Crippen molar-refractivity contribution in [3.05, 3.63) is 48.6 Å². The Morgan fingerprint density at radius 1 is 1.05 bits per heavy atom. The van der Waals surface area contributed by atoms with Gasteiger partial charge in [0.1, 0.15) is 11.5 Å². The first-order chi connectivity index (χ1) is 8.73. The molecular formula is C14H16O5.